The van der Waals surface area contributed by atoms with Crippen molar-refractivity contribution in [1.29, 1.82) is 0 Å². The fraction of sp³-hybridized carbons (Fsp3) is 0.316. The first-order chi connectivity index (χ1) is 11.3. The average molecular weight is 312 g/mol. The summed E-state index contributed by atoms with van der Waals surface area (Å²) in [4.78, 5) is 11.9. The minimum absolute atomic E-state index is 0.189. The maximum atomic E-state index is 11.9. The summed E-state index contributed by atoms with van der Waals surface area (Å²) in [6.45, 7) is 2.66. The third-order valence-corrected chi connectivity index (χ3v) is 3.66. The maximum absolute atomic E-state index is 11.9. The molecule has 4 nitrogen and oxygen atoms in total. The minimum atomic E-state index is -0.201. The van der Waals surface area contributed by atoms with Crippen LogP contribution in [0.25, 0.3) is 0 Å². The lowest BCUT2D eigenvalue weighted by molar-refractivity contribution is -0.145. The van der Waals surface area contributed by atoms with Crippen molar-refractivity contribution in [2.24, 2.45) is 5.92 Å². The highest BCUT2D eigenvalue weighted by molar-refractivity contribution is 5.72. The Morgan fingerprint density at radius 3 is 1.70 bits per heavy atom. The van der Waals surface area contributed by atoms with Crippen LogP contribution in [0.2, 0.25) is 0 Å². The van der Waals surface area contributed by atoms with Crippen molar-refractivity contribution in [3.05, 3.63) is 71.8 Å². The monoisotopic (exact) mass is 312 g/mol. The normalized spacial score (nSPS) is 10.7. The van der Waals surface area contributed by atoms with Gasteiger partial charge in [0.2, 0.25) is 0 Å². The van der Waals surface area contributed by atoms with E-state index >= 15 is 0 Å². The molecule has 0 bridgehead atoms. The highest BCUT2D eigenvalue weighted by Crippen LogP contribution is 2.02. The Morgan fingerprint density at radius 1 is 0.870 bits per heavy atom. The van der Waals surface area contributed by atoms with E-state index in [4.69, 9.17) is 4.74 Å². The predicted octanol–water partition coefficient (Wildman–Crippen LogP) is 2.36. The van der Waals surface area contributed by atoms with Crippen LogP contribution in [0.5, 0.6) is 0 Å². The fourth-order valence-corrected chi connectivity index (χ4v) is 2.38. The van der Waals surface area contributed by atoms with E-state index in [1.165, 1.54) is 18.2 Å². The molecule has 23 heavy (non-hydrogen) atoms. The van der Waals surface area contributed by atoms with Gasteiger partial charge in [-0.2, -0.15) is 0 Å². The molecule has 2 N–H and O–H groups in total. The van der Waals surface area contributed by atoms with E-state index in [0.717, 1.165) is 13.1 Å². The molecular formula is C19H24N2O2. The second-order valence-electron chi connectivity index (χ2n) is 5.45. The zero-order chi connectivity index (χ0) is 16.3. The molecular weight excluding hydrogens is 288 g/mol. The molecule has 0 unspecified atom stereocenters. The molecule has 0 aliphatic carbocycles. The third kappa shape index (κ3) is 6.22. The number of carbonyl (C=O) groups excluding carboxylic acids is 1. The van der Waals surface area contributed by atoms with Gasteiger partial charge in [-0.1, -0.05) is 60.7 Å². The van der Waals surface area contributed by atoms with E-state index < -0.39 is 0 Å². The van der Waals surface area contributed by atoms with Gasteiger partial charge in [-0.25, -0.2) is 0 Å². The minimum Gasteiger partial charge on any atom is -0.469 e. The fourth-order valence-electron chi connectivity index (χ4n) is 2.38. The molecule has 2 aromatic rings. The van der Waals surface area contributed by atoms with Crippen LogP contribution in [-0.2, 0) is 22.6 Å². The Bertz CT molecular complexity index is 527. The second-order valence-corrected chi connectivity index (χ2v) is 5.45. The van der Waals surface area contributed by atoms with E-state index in [-0.39, 0.29) is 11.9 Å². The highest BCUT2D eigenvalue weighted by atomic mass is 16.5. The van der Waals surface area contributed by atoms with Crippen LogP contribution < -0.4 is 10.6 Å². The molecule has 0 spiro atoms. The van der Waals surface area contributed by atoms with Crippen LogP contribution in [0, 0.1) is 5.92 Å². The van der Waals surface area contributed by atoms with Crippen LogP contribution in [0.1, 0.15) is 11.1 Å². The molecule has 2 aromatic carbocycles. The van der Waals surface area contributed by atoms with Gasteiger partial charge in [0, 0.05) is 26.2 Å². The number of benzene rings is 2. The van der Waals surface area contributed by atoms with Crippen molar-refractivity contribution in [3.8, 4) is 0 Å². The van der Waals surface area contributed by atoms with Gasteiger partial charge in [-0.05, 0) is 11.1 Å². The van der Waals surface area contributed by atoms with Gasteiger partial charge in [-0.3, -0.25) is 4.79 Å². The van der Waals surface area contributed by atoms with Crippen molar-refractivity contribution in [1.82, 2.24) is 10.6 Å². The largest absolute Gasteiger partial charge is 0.469 e. The zero-order valence-corrected chi connectivity index (χ0v) is 13.5. The number of esters is 1. The molecule has 0 saturated carbocycles. The molecule has 122 valence electrons. The number of ether oxygens (including phenoxy) is 1. The van der Waals surface area contributed by atoms with Gasteiger partial charge in [0.25, 0.3) is 0 Å². The van der Waals surface area contributed by atoms with Crippen molar-refractivity contribution in [2.75, 3.05) is 20.2 Å². The van der Waals surface area contributed by atoms with Crippen LogP contribution in [-0.4, -0.2) is 26.2 Å². The summed E-state index contributed by atoms with van der Waals surface area (Å²) >= 11 is 0. The van der Waals surface area contributed by atoms with Gasteiger partial charge in [0.15, 0.2) is 0 Å². The molecule has 0 saturated heterocycles. The topological polar surface area (TPSA) is 50.4 Å². The summed E-state index contributed by atoms with van der Waals surface area (Å²) < 4.78 is 4.90. The number of nitrogens with one attached hydrogen (secondary N) is 2. The molecule has 0 aliphatic heterocycles. The number of hydrogen-bond acceptors (Lipinski definition) is 4. The Hall–Kier alpha value is -2.17. The molecule has 0 radical (unpaired) electrons. The number of methoxy groups -OCH3 is 1. The van der Waals surface area contributed by atoms with E-state index in [1.54, 1.807) is 0 Å². The summed E-state index contributed by atoms with van der Waals surface area (Å²) in [6.07, 6.45) is 0. The maximum Gasteiger partial charge on any atom is 0.311 e. The molecule has 0 aromatic heterocycles. The first-order valence-electron chi connectivity index (χ1n) is 7.86. The lowest BCUT2D eigenvalue weighted by atomic mass is 10.1. The zero-order valence-electron chi connectivity index (χ0n) is 13.5. The van der Waals surface area contributed by atoms with Crippen LogP contribution >= 0.6 is 0 Å². The van der Waals surface area contributed by atoms with Gasteiger partial charge < -0.3 is 15.4 Å². The van der Waals surface area contributed by atoms with Crippen molar-refractivity contribution in [2.45, 2.75) is 13.1 Å². The van der Waals surface area contributed by atoms with E-state index in [9.17, 15) is 4.79 Å². The van der Waals surface area contributed by atoms with Gasteiger partial charge in [0.1, 0.15) is 0 Å². The Kier molecular flexibility index (Phi) is 7.30. The Balaban J connectivity index is 1.76. The SMILES string of the molecule is COC(=O)C(CNCc1ccccc1)CNCc1ccccc1. The van der Waals surface area contributed by atoms with Gasteiger partial charge in [0.05, 0.1) is 13.0 Å². The quantitative estimate of drug-likeness (QED) is 0.698. The molecule has 0 heterocycles. The first kappa shape index (κ1) is 17.2. The van der Waals surface area contributed by atoms with Gasteiger partial charge in [-0.15, -0.1) is 0 Å². The molecule has 2 rings (SSSR count). The van der Waals surface area contributed by atoms with Crippen LogP contribution in [0.15, 0.2) is 60.7 Å². The average Bonchev–Trinajstić information content (AvgIpc) is 2.61. The summed E-state index contributed by atoms with van der Waals surface area (Å²) in [7, 11) is 1.43. The van der Waals surface area contributed by atoms with E-state index in [1.807, 2.05) is 36.4 Å². The van der Waals surface area contributed by atoms with Crippen LogP contribution in [0.4, 0.5) is 0 Å². The van der Waals surface area contributed by atoms with Crippen molar-refractivity contribution < 1.29 is 9.53 Å². The number of rotatable bonds is 9. The molecule has 4 heteroatoms. The van der Waals surface area contributed by atoms with Gasteiger partial charge >= 0.3 is 5.97 Å². The van der Waals surface area contributed by atoms with Crippen molar-refractivity contribution >= 4 is 5.97 Å². The summed E-state index contributed by atoms with van der Waals surface area (Å²) in [5.41, 5.74) is 2.40. The Labute approximate surface area is 137 Å². The predicted molar refractivity (Wildman–Crippen MR) is 91.8 cm³/mol. The lowest BCUT2D eigenvalue weighted by Crippen LogP contribution is -2.36. The summed E-state index contributed by atoms with van der Waals surface area (Å²) in [5.74, 6) is -0.390. The van der Waals surface area contributed by atoms with E-state index in [0.29, 0.717) is 13.1 Å². The number of hydrogen-bond donors (Lipinski definition) is 2. The van der Waals surface area contributed by atoms with E-state index in [2.05, 4.69) is 34.9 Å². The second kappa shape index (κ2) is 9.77. The van der Waals surface area contributed by atoms with Crippen LogP contribution in [0.3, 0.4) is 0 Å². The number of carbonyl (C=O) groups is 1. The summed E-state index contributed by atoms with van der Waals surface area (Å²) in [5, 5.41) is 6.65. The van der Waals surface area contributed by atoms with Crippen molar-refractivity contribution in [3.63, 3.8) is 0 Å². The third-order valence-electron chi connectivity index (χ3n) is 3.66. The molecule has 0 atom stereocenters. The molecule has 0 amide bonds. The highest BCUT2D eigenvalue weighted by Gasteiger charge is 2.18. The smallest absolute Gasteiger partial charge is 0.311 e. The molecule has 0 fully saturated rings. The molecule has 0 aliphatic rings. The Morgan fingerprint density at radius 2 is 1.30 bits per heavy atom. The first-order valence-corrected chi connectivity index (χ1v) is 7.86. The summed E-state index contributed by atoms with van der Waals surface area (Å²) in [6, 6.07) is 20.3. The standard InChI is InChI=1S/C19H24N2O2/c1-23-19(22)18(14-20-12-16-8-4-2-5-9-16)15-21-13-17-10-6-3-7-11-17/h2-11,18,20-21H,12-15H2,1H3. The lowest BCUT2D eigenvalue weighted by Gasteiger charge is -2.16.